The van der Waals surface area contributed by atoms with Crippen LogP contribution in [0.4, 0.5) is 0 Å². The number of aryl methyl sites for hydroxylation is 3. The van der Waals surface area contributed by atoms with E-state index in [1.54, 1.807) is 0 Å². The van der Waals surface area contributed by atoms with Crippen LogP contribution in [0.25, 0.3) is 0 Å². The summed E-state index contributed by atoms with van der Waals surface area (Å²) >= 11 is 0. The summed E-state index contributed by atoms with van der Waals surface area (Å²) in [5, 5.41) is 0. The van der Waals surface area contributed by atoms with E-state index in [1.165, 1.54) is 47.2 Å². The molecule has 110 valence electrons. The second-order valence-corrected chi connectivity index (χ2v) is 6.47. The summed E-state index contributed by atoms with van der Waals surface area (Å²) in [6.07, 6.45) is 2.60. The van der Waals surface area contributed by atoms with E-state index in [4.69, 9.17) is 0 Å². The predicted molar refractivity (Wildman–Crippen MR) is 89.5 cm³/mol. The van der Waals surface area contributed by atoms with Crippen molar-refractivity contribution in [3.05, 3.63) is 70.3 Å². The molecular weight excluding hydrogens is 254 g/mol. The van der Waals surface area contributed by atoms with Crippen molar-refractivity contribution in [2.45, 2.75) is 46.2 Å². The van der Waals surface area contributed by atoms with Gasteiger partial charge in [-0.15, -0.1) is 0 Å². The van der Waals surface area contributed by atoms with Crippen molar-refractivity contribution in [2.24, 2.45) is 0 Å². The summed E-state index contributed by atoms with van der Waals surface area (Å²) in [5.74, 6) is 0. The minimum Gasteiger partial charge on any atom is -0.292 e. The Bertz CT molecular complexity index is 629. The first-order chi connectivity index (χ1) is 10.1. The zero-order valence-corrected chi connectivity index (χ0v) is 13.4. The molecule has 1 nitrogen and oxygen atoms in total. The Morgan fingerprint density at radius 1 is 1.00 bits per heavy atom. The third-order valence-electron chi connectivity index (χ3n) is 4.66. The normalized spacial score (nSPS) is 19.1. The fourth-order valence-electron chi connectivity index (χ4n) is 3.51. The van der Waals surface area contributed by atoms with E-state index in [0.717, 1.165) is 6.54 Å². The molecule has 1 heterocycles. The van der Waals surface area contributed by atoms with E-state index in [0.29, 0.717) is 6.04 Å². The standard InChI is InChI=1S/C20H25N/c1-15-6-4-7-18(13-15)20-8-5-11-21(20)14-19-10-9-16(2)12-17(19)3/h4,6-7,9-10,12-13,20H,5,8,11,14H2,1-3H3. The van der Waals surface area contributed by atoms with Crippen LogP contribution >= 0.6 is 0 Å². The maximum atomic E-state index is 2.65. The molecule has 0 amide bonds. The highest BCUT2D eigenvalue weighted by Gasteiger charge is 2.26. The van der Waals surface area contributed by atoms with Crippen LogP contribution in [0.2, 0.25) is 0 Å². The molecule has 3 rings (SSSR count). The fraction of sp³-hybridized carbons (Fsp3) is 0.400. The number of benzene rings is 2. The maximum Gasteiger partial charge on any atom is 0.0352 e. The molecule has 0 bridgehead atoms. The number of hydrogen-bond acceptors (Lipinski definition) is 1. The minimum atomic E-state index is 0.589. The maximum absolute atomic E-state index is 2.65. The molecule has 1 aliphatic rings. The molecule has 0 aromatic heterocycles. The lowest BCUT2D eigenvalue weighted by atomic mass is 10.0. The van der Waals surface area contributed by atoms with Gasteiger partial charge in [0.25, 0.3) is 0 Å². The van der Waals surface area contributed by atoms with Crippen LogP contribution < -0.4 is 0 Å². The van der Waals surface area contributed by atoms with Gasteiger partial charge in [0, 0.05) is 12.6 Å². The van der Waals surface area contributed by atoms with Crippen LogP contribution in [0.3, 0.4) is 0 Å². The molecule has 1 fully saturated rings. The molecule has 0 saturated carbocycles. The average molecular weight is 279 g/mol. The fourth-order valence-corrected chi connectivity index (χ4v) is 3.51. The summed E-state index contributed by atoms with van der Waals surface area (Å²) in [4.78, 5) is 2.65. The van der Waals surface area contributed by atoms with Gasteiger partial charge < -0.3 is 0 Å². The van der Waals surface area contributed by atoms with Crippen molar-refractivity contribution in [2.75, 3.05) is 6.54 Å². The molecule has 1 saturated heterocycles. The van der Waals surface area contributed by atoms with Crippen molar-refractivity contribution in [3.63, 3.8) is 0 Å². The van der Waals surface area contributed by atoms with Gasteiger partial charge in [-0.05, 0) is 56.8 Å². The van der Waals surface area contributed by atoms with Crippen molar-refractivity contribution < 1.29 is 0 Å². The average Bonchev–Trinajstić information content (AvgIpc) is 2.90. The topological polar surface area (TPSA) is 3.24 Å². The Kier molecular flexibility index (Phi) is 4.12. The van der Waals surface area contributed by atoms with Gasteiger partial charge in [-0.3, -0.25) is 4.90 Å². The van der Waals surface area contributed by atoms with E-state index in [-0.39, 0.29) is 0 Å². The van der Waals surface area contributed by atoms with Crippen LogP contribution in [0.15, 0.2) is 42.5 Å². The summed E-state index contributed by atoms with van der Waals surface area (Å²) < 4.78 is 0. The molecule has 1 atom stereocenters. The van der Waals surface area contributed by atoms with Crippen LogP contribution in [0.1, 0.15) is 46.7 Å². The Balaban J connectivity index is 1.81. The lowest BCUT2D eigenvalue weighted by molar-refractivity contribution is 0.248. The minimum absolute atomic E-state index is 0.589. The van der Waals surface area contributed by atoms with Gasteiger partial charge in [0.05, 0.1) is 0 Å². The second kappa shape index (κ2) is 6.03. The van der Waals surface area contributed by atoms with E-state index >= 15 is 0 Å². The molecule has 0 radical (unpaired) electrons. The van der Waals surface area contributed by atoms with Gasteiger partial charge in [-0.25, -0.2) is 0 Å². The zero-order valence-electron chi connectivity index (χ0n) is 13.4. The molecular formula is C20H25N. The lowest BCUT2D eigenvalue weighted by Crippen LogP contribution is -2.23. The van der Waals surface area contributed by atoms with Gasteiger partial charge in [-0.2, -0.15) is 0 Å². The molecule has 1 aliphatic heterocycles. The monoisotopic (exact) mass is 279 g/mol. The van der Waals surface area contributed by atoms with E-state index in [1.807, 2.05) is 0 Å². The Morgan fingerprint density at radius 2 is 1.81 bits per heavy atom. The quantitative estimate of drug-likeness (QED) is 0.768. The highest BCUT2D eigenvalue weighted by Crippen LogP contribution is 2.33. The van der Waals surface area contributed by atoms with Gasteiger partial charge in [-0.1, -0.05) is 53.6 Å². The molecule has 2 aromatic carbocycles. The first-order valence-electron chi connectivity index (χ1n) is 8.00. The summed E-state index contributed by atoms with van der Waals surface area (Å²) in [5.41, 5.74) is 7.10. The van der Waals surface area contributed by atoms with Crippen molar-refractivity contribution >= 4 is 0 Å². The molecule has 0 N–H and O–H groups in total. The third kappa shape index (κ3) is 3.19. The van der Waals surface area contributed by atoms with Gasteiger partial charge in [0.15, 0.2) is 0 Å². The predicted octanol–water partition coefficient (Wildman–Crippen LogP) is 4.95. The van der Waals surface area contributed by atoms with Crippen LogP contribution in [0.5, 0.6) is 0 Å². The summed E-state index contributed by atoms with van der Waals surface area (Å²) in [6.45, 7) is 8.88. The van der Waals surface area contributed by atoms with Crippen LogP contribution in [-0.2, 0) is 6.54 Å². The molecule has 1 heteroatoms. The first-order valence-corrected chi connectivity index (χ1v) is 8.00. The number of rotatable bonds is 3. The number of hydrogen-bond donors (Lipinski definition) is 0. The van der Waals surface area contributed by atoms with E-state index < -0.39 is 0 Å². The Morgan fingerprint density at radius 3 is 2.57 bits per heavy atom. The highest BCUT2D eigenvalue weighted by atomic mass is 15.2. The van der Waals surface area contributed by atoms with Crippen molar-refractivity contribution in [1.82, 2.24) is 4.90 Å². The SMILES string of the molecule is Cc1cccc(C2CCCN2Cc2ccc(C)cc2C)c1. The zero-order chi connectivity index (χ0) is 14.8. The Labute approximate surface area is 128 Å². The molecule has 0 spiro atoms. The highest BCUT2D eigenvalue weighted by molar-refractivity contribution is 5.31. The summed E-state index contributed by atoms with van der Waals surface area (Å²) in [7, 11) is 0. The van der Waals surface area contributed by atoms with E-state index in [2.05, 4.69) is 68.1 Å². The van der Waals surface area contributed by atoms with Crippen molar-refractivity contribution in [1.29, 1.82) is 0 Å². The Hall–Kier alpha value is -1.60. The van der Waals surface area contributed by atoms with E-state index in [9.17, 15) is 0 Å². The third-order valence-corrected chi connectivity index (χ3v) is 4.66. The van der Waals surface area contributed by atoms with Crippen molar-refractivity contribution in [3.8, 4) is 0 Å². The number of likely N-dealkylation sites (tertiary alicyclic amines) is 1. The largest absolute Gasteiger partial charge is 0.292 e. The molecule has 1 unspecified atom stereocenters. The molecule has 2 aromatic rings. The smallest absolute Gasteiger partial charge is 0.0352 e. The summed E-state index contributed by atoms with van der Waals surface area (Å²) in [6, 6.07) is 16.4. The van der Waals surface area contributed by atoms with Crippen LogP contribution in [0, 0.1) is 20.8 Å². The van der Waals surface area contributed by atoms with Gasteiger partial charge in [0.2, 0.25) is 0 Å². The van der Waals surface area contributed by atoms with Crippen LogP contribution in [-0.4, -0.2) is 11.4 Å². The molecule has 0 aliphatic carbocycles. The first kappa shape index (κ1) is 14.3. The van der Waals surface area contributed by atoms with Gasteiger partial charge >= 0.3 is 0 Å². The molecule has 21 heavy (non-hydrogen) atoms. The lowest BCUT2D eigenvalue weighted by Gasteiger charge is -2.26. The number of nitrogens with zero attached hydrogens (tertiary/aromatic N) is 1. The second-order valence-electron chi connectivity index (χ2n) is 6.47. The van der Waals surface area contributed by atoms with Gasteiger partial charge in [0.1, 0.15) is 0 Å².